The monoisotopic (exact) mass is 249 g/mol. The number of hydrogen-bond acceptors (Lipinski definition) is 2. The average Bonchev–Trinajstić information content (AvgIpc) is 2.79. The molecule has 1 atom stereocenters. The Hall–Kier alpha value is -1.19. The lowest BCUT2D eigenvalue weighted by molar-refractivity contribution is 0.546. The minimum absolute atomic E-state index is 0.159. The van der Waals surface area contributed by atoms with Gasteiger partial charge in [-0.15, -0.1) is 11.3 Å². The number of rotatable bonds is 5. The molecule has 0 aliphatic heterocycles. The van der Waals surface area contributed by atoms with Crippen molar-refractivity contribution < 1.29 is 4.39 Å². The van der Waals surface area contributed by atoms with E-state index in [1.54, 1.807) is 23.5 Å². The highest BCUT2D eigenvalue weighted by Crippen LogP contribution is 2.10. The maximum atomic E-state index is 13.0. The number of thiophene rings is 1. The van der Waals surface area contributed by atoms with Gasteiger partial charge in [0.2, 0.25) is 0 Å². The molecule has 1 nitrogen and oxygen atoms in total. The number of benzene rings is 1. The molecule has 1 aromatic carbocycles. The van der Waals surface area contributed by atoms with Crippen LogP contribution in [0, 0.1) is 5.82 Å². The first-order valence-electron chi connectivity index (χ1n) is 5.74. The quantitative estimate of drug-likeness (QED) is 0.853. The van der Waals surface area contributed by atoms with Crippen molar-refractivity contribution in [1.29, 1.82) is 0 Å². The minimum Gasteiger partial charge on any atom is -0.309 e. The molecule has 1 N–H and O–H groups in total. The Labute approximate surface area is 105 Å². The fourth-order valence-corrected chi connectivity index (χ4v) is 2.43. The summed E-state index contributed by atoms with van der Waals surface area (Å²) in [4.78, 5) is 1.33. The molecule has 0 bridgehead atoms. The van der Waals surface area contributed by atoms with Crippen LogP contribution in [0.15, 0.2) is 41.8 Å². The summed E-state index contributed by atoms with van der Waals surface area (Å²) in [5, 5.41) is 5.52. The lowest BCUT2D eigenvalue weighted by atomic mass is 10.1. The Bertz CT molecular complexity index is 453. The zero-order valence-electron chi connectivity index (χ0n) is 9.82. The third-order valence-corrected chi connectivity index (χ3v) is 3.51. The number of halogens is 1. The highest BCUT2D eigenvalue weighted by atomic mass is 32.1. The summed E-state index contributed by atoms with van der Waals surface area (Å²) in [6.07, 6.45) is 0.850. The highest BCUT2D eigenvalue weighted by molar-refractivity contribution is 7.09. The van der Waals surface area contributed by atoms with Gasteiger partial charge in [0.25, 0.3) is 0 Å². The second-order valence-electron chi connectivity index (χ2n) is 4.20. The molecular weight excluding hydrogens is 233 g/mol. The Morgan fingerprint density at radius 1 is 1.29 bits per heavy atom. The fourth-order valence-electron chi connectivity index (χ4n) is 1.78. The zero-order chi connectivity index (χ0) is 12.1. The van der Waals surface area contributed by atoms with Gasteiger partial charge in [-0.05, 0) is 42.5 Å². The van der Waals surface area contributed by atoms with Crippen molar-refractivity contribution in [3.8, 4) is 0 Å². The van der Waals surface area contributed by atoms with Crippen LogP contribution in [0.1, 0.15) is 17.4 Å². The van der Waals surface area contributed by atoms with E-state index >= 15 is 0 Å². The predicted octanol–water partition coefficient (Wildman–Crippen LogP) is 3.61. The van der Waals surface area contributed by atoms with Crippen molar-refractivity contribution >= 4 is 11.3 Å². The van der Waals surface area contributed by atoms with E-state index in [1.807, 2.05) is 6.07 Å². The van der Waals surface area contributed by atoms with E-state index in [9.17, 15) is 4.39 Å². The second kappa shape index (κ2) is 5.94. The lowest BCUT2D eigenvalue weighted by Gasteiger charge is -2.13. The van der Waals surface area contributed by atoms with Gasteiger partial charge >= 0.3 is 0 Å². The smallest absolute Gasteiger partial charge is 0.123 e. The topological polar surface area (TPSA) is 12.0 Å². The van der Waals surface area contributed by atoms with Gasteiger partial charge in [0.15, 0.2) is 0 Å². The van der Waals surface area contributed by atoms with Crippen LogP contribution in [-0.2, 0) is 13.0 Å². The summed E-state index contributed by atoms with van der Waals surface area (Å²) in [6, 6.07) is 11.3. The maximum Gasteiger partial charge on any atom is 0.123 e. The van der Waals surface area contributed by atoms with Gasteiger partial charge in [0, 0.05) is 17.5 Å². The Balaban J connectivity index is 1.83. The van der Waals surface area contributed by atoms with Crippen LogP contribution in [0.2, 0.25) is 0 Å². The van der Waals surface area contributed by atoms with Crippen LogP contribution < -0.4 is 5.32 Å². The molecule has 2 aromatic rings. The molecule has 0 amide bonds. The van der Waals surface area contributed by atoms with E-state index in [-0.39, 0.29) is 5.82 Å². The van der Waals surface area contributed by atoms with Gasteiger partial charge in [-0.2, -0.15) is 0 Å². The fraction of sp³-hybridized carbons (Fsp3) is 0.286. The van der Waals surface area contributed by atoms with Gasteiger partial charge in [-0.3, -0.25) is 0 Å². The molecule has 90 valence electrons. The molecule has 1 heterocycles. The SMILES string of the molecule is CC(Cc1cccc(F)c1)NCc1cccs1. The predicted molar refractivity (Wildman–Crippen MR) is 70.7 cm³/mol. The van der Waals surface area contributed by atoms with Crippen molar-refractivity contribution in [2.75, 3.05) is 0 Å². The summed E-state index contributed by atoms with van der Waals surface area (Å²) >= 11 is 1.75. The molecule has 17 heavy (non-hydrogen) atoms. The first kappa shape index (κ1) is 12.3. The lowest BCUT2D eigenvalue weighted by Crippen LogP contribution is -2.27. The van der Waals surface area contributed by atoms with Crippen molar-refractivity contribution in [2.45, 2.75) is 25.9 Å². The van der Waals surface area contributed by atoms with Crippen LogP contribution in [0.5, 0.6) is 0 Å². The summed E-state index contributed by atoms with van der Waals surface area (Å²) < 4.78 is 13.0. The highest BCUT2D eigenvalue weighted by Gasteiger charge is 2.04. The molecule has 0 fully saturated rings. The largest absolute Gasteiger partial charge is 0.309 e. The zero-order valence-corrected chi connectivity index (χ0v) is 10.6. The maximum absolute atomic E-state index is 13.0. The third kappa shape index (κ3) is 3.95. The van der Waals surface area contributed by atoms with Crippen molar-refractivity contribution in [3.05, 3.63) is 58.0 Å². The van der Waals surface area contributed by atoms with Crippen LogP contribution >= 0.6 is 11.3 Å². The Morgan fingerprint density at radius 2 is 2.18 bits per heavy atom. The first-order valence-corrected chi connectivity index (χ1v) is 6.62. The molecule has 0 saturated heterocycles. The Kier molecular flexibility index (Phi) is 4.29. The molecule has 1 aromatic heterocycles. The molecular formula is C14H16FNS. The summed E-state index contributed by atoms with van der Waals surface area (Å²) in [7, 11) is 0. The molecule has 0 saturated carbocycles. The second-order valence-corrected chi connectivity index (χ2v) is 5.23. The third-order valence-electron chi connectivity index (χ3n) is 2.64. The van der Waals surface area contributed by atoms with Crippen LogP contribution in [-0.4, -0.2) is 6.04 Å². The summed E-state index contributed by atoms with van der Waals surface area (Å²) in [5.41, 5.74) is 1.04. The van der Waals surface area contributed by atoms with E-state index in [4.69, 9.17) is 0 Å². The van der Waals surface area contributed by atoms with Crippen LogP contribution in [0.4, 0.5) is 4.39 Å². The van der Waals surface area contributed by atoms with Gasteiger partial charge in [-0.1, -0.05) is 18.2 Å². The Morgan fingerprint density at radius 3 is 2.88 bits per heavy atom. The van der Waals surface area contributed by atoms with Gasteiger partial charge in [0.05, 0.1) is 0 Å². The van der Waals surface area contributed by atoms with E-state index in [1.165, 1.54) is 10.9 Å². The van der Waals surface area contributed by atoms with Crippen molar-refractivity contribution in [1.82, 2.24) is 5.32 Å². The first-order chi connectivity index (χ1) is 8.24. The minimum atomic E-state index is -0.159. The molecule has 0 aliphatic carbocycles. The molecule has 1 unspecified atom stereocenters. The van der Waals surface area contributed by atoms with E-state index in [0.717, 1.165) is 18.5 Å². The molecule has 3 heteroatoms. The van der Waals surface area contributed by atoms with Crippen molar-refractivity contribution in [3.63, 3.8) is 0 Å². The van der Waals surface area contributed by atoms with Crippen molar-refractivity contribution in [2.24, 2.45) is 0 Å². The number of hydrogen-bond donors (Lipinski definition) is 1. The van der Waals surface area contributed by atoms with Gasteiger partial charge in [0.1, 0.15) is 5.82 Å². The molecule has 0 spiro atoms. The van der Waals surface area contributed by atoms with Crippen LogP contribution in [0.25, 0.3) is 0 Å². The average molecular weight is 249 g/mol. The molecule has 0 aliphatic rings. The van der Waals surface area contributed by atoms with Gasteiger partial charge < -0.3 is 5.32 Å². The van der Waals surface area contributed by atoms with Crippen LogP contribution in [0.3, 0.4) is 0 Å². The standard InChI is InChI=1S/C14H16FNS/c1-11(16-10-14-6-3-7-17-14)8-12-4-2-5-13(15)9-12/h2-7,9,11,16H,8,10H2,1H3. The summed E-state index contributed by atoms with van der Waals surface area (Å²) in [6.45, 7) is 3.01. The van der Waals surface area contributed by atoms with E-state index in [2.05, 4.69) is 29.8 Å². The normalized spacial score (nSPS) is 12.6. The van der Waals surface area contributed by atoms with E-state index < -0.39 is 0 Å². The molecule has 2 rings (SSSR count). The number of nitrogens with one attached hydrogen (secondary N) is 1. The molecule has 0 radical (unpaired) electrons. The summed E-state index contributed by atoms with van der Waals surface area (Å²) in [5.74, 6) is -0.159. The van der Waals surface area contributed by atoms with Gasteiger partial charge in [-0.25, -0.2) is 4.39 Å². The van der Waals surface area contributed by atoms with E-state index in [0.29, 0.717) is 6.04 Å².